The molecule has 0 radical (unpaired) electrons. The van der Waals surface area contributed by atoms with Crippen molar-refractivity contribution in [3.05, 3.63) is 52.2 Å². The van der Waals surface area contributed by atoms with Gasteiger partial charge in [-0.05, 0) is 46.2 Å². The Labute approximate surface area is 168 Å². The molecular formula is C20H23ClN4O3. The molecule has 0 fully saturated rings. The van der Waals surface area contributed by atoms with Crippen LogP contribution < -0.4 is 0 Å². The maximum atomic E-state index is 12.8. The number of rotatable bonds is 7. The lowest BCUT2D eigenvalue weighted by Gasteiger charge is -2.25. The SMILES string of the molecule is Cc1noc(C)c1CCC(=O)N(Cc1nnc(-c2ccccc2Cl)o1)C(C)C. The predicted molar refractivity (Wildman–Crippen MR) is 105 cm³/mol. The van der Waals surface area contributed by atoms with E-state index in [9.17, 15) is 4.79 Å². The van der Waals surface area contributed by atoms with Crippen molar-refractivity contribution in [1.82, 2.24) is 20.3 Å². The van der Waals surface area contributed by atoms with Crippen molar-refractivity contribution in [2.24, 2.45) is 0 Å². The van der Waals surface area contributed by atoms with E-state index in [-0.39, 0.29) is 18.5 Å². The lowest BCUT2D eigenvalue weighted by atomic mass is 10.1. The van der Waals surface area contributed by atoms with Crippen molar-refractivity contribution in [3.63, 3.8) is 0 Å². The van der Waals surface area contributed by atoms with Crippen LogP contribution in [0.4, 0.5) is 0 Å². The van der Waals surface area contributed by atoms with E-state index in [1.54, 1.807) is 11.0 Å². The van der Waals surface area contributed by atoms with Crippen LogP contribution in [0.15, 0.2) is 33.2 Å². The highest BCUT2D eigenvalue weighted by Crippen LogP contribution is 2.26. The van der Waals surface area contributed by atoms with Crippen LogP contribution in [0.2, 0.25) is 5.02 Å². The van der Waals surface area contributed by atoms with E-state index in [1.807, 2.05) is 45.9 Å². The minimum absolute atomic E-state index is 0.00664. The van der Waals surface area contributed by atoms with E-state index in [0.29, 0.717) is 35.2 Å². The summed E-state index contributed by atoms with van der Waals surface area (Å²) < 4.78 is 10.9. The smallest absolute Gasteiger partial charge is 0.249 e. The highest BCUT2D eigenvalue weighted by Gasteiger charge is 2.22. The summed E-state index contributed by atoms with van der Waals surface area (Å²) in [5.74, 6) is 1.47. The Hall–Kier alpha value is -2.67. The molecule has 0 N–H and O–H groups in total. The van der Waals surface area contributed by atoms with Crippen LogP contribution in [0.3, 0.4) is 0 Å². The van der Waals surface area contributed by atoms with Crippen LogP contribution in [0, 0.1) is 13.8 Å². The molecule has 0 saturated heterocycles. The Bertz CT molecular complexity index is 945. The van der Waals surface area contributed by atoms with Crippen molar-refractivity contribution >= 4 is 17.5 Å². The van der Waals surface area contributed by atoms with Gasteiger partial charge in [-0.25, -0.2) is 0 Å². The maximum absolute atomic E-state index is 12.8. The first-order chi connectivity index (χ1) is 13.4. The Morgan fingerprint density at radius 1 is 1.21 bits per heavy atom. The number of aromatic nitrogens is 3. The molecule has 0 bridgehead atoms. The molecule has 0 spiro atoms. The second-order valence-electron chi connectivity index (χ2n) is 6.90. The molecule has 2 heterocycles. The van der Waals surface area contributed by atoms with E-state index in [0.717, 1.165) is 17.0 Å². The molecule has 7 nitrogen and oxygen atoms in total. The van der Waals surface area contributed by atoms with Crippen LogP contribution in [0.25, 0.3) is 11.5 Å². The average molecular weight is 403 g/mol. The molecule has 1 aromatic carbocycles. The molecule has 0 atom stereocenters. The molecule has 148 valence electrons. The standard InChI is InChI=1S/C20H23ClN4O3/c1-12(2)25(19(26)10-9-15-13(3)24-28-14(15)4)11-18-22-23-20(27-18)16-7-5-6-8-17(16)21/h5-8,12H,9-11H2,1-4H3. The minimum Gasteiger partial charge on any atom is -0.419 e. The van der Waals surface area contributed by atoms with E-state index < -0.39 is 0 Å². The number of nitrogens with zero attached hydrogens (tertiary/aromatic N) is 4. The molecule has 8 heteroatoms. The van der Waals surface area contributed by atoms with Gasteiger partial charge in [0, 0.05) is 18.0 Å². The first-order valence-electron chi connectivity index (χ1n) is 9.15. The van der Waals surface area contributed by atoms with E-state index in [4.69, 9.17) is 20.5 Å². The number of halogens is 1. The molecular weight excluding hydrogens is 380 g/mol. The van der Waals surface area contributed by atoms with E-state index in [2.05, 4.69) is 15.4 Å². The molecule has 0 unspecified atom stereocenters. The molecule has 0 saturated carbocycles. The molecule has 0 aliphatic rings. The maximum Gasteiger partial charge on any atom is 0.249 e. The Morgan fingerprint density at radius 3 is 2.61 bits per heavy atom. The van der Waals surface area contributed by atoms with Crippen LogP contribution in [-0.4, -0.2) is 32.2 Å². The fraction of sp³-hybridized carbons (Fsp3) is 0.400. The molecule has 2 aromatic heterocycles. The van der Waals surface area contributed by atoms with Gasteiger partial charge in [0.15, 0.2) is 0 Å². The second-order valence-corrected chi connectivity index (χ2v) is 7.31. The normalized spacial score (nSPS) is 11.2. The summed E-state index contributed by atoms with van der Waals surface area (Å²) in [5.41, 5.74) is 2.47. The molecule has 0 aliphatic heterocycles. The summed E-state index contributed by atoms with van der Waals surface area (Å²) >= 11 is 6.19. The predicted octanol–water partition coefficient (Wildman–Crippen LogP) is 4.36. The number of carbonyl (C=O) groups excluding carboxylic acids is 1. The molecule has 28 heavy (non-hydrogen) atoms. The van der Waals surface area contributed by atoms with Gasteiger partial charge in [-0.1, -0.05) is 28.9 Å². The molecule has 3 aromatic rings. The lowest BCUT2D eigenvalue weighted by molar-refractivity contribution is -0.133. The lowest BCUT2D eigenvalue weighted by Crippen LogP contribution is -2.36. The quantitative estimate of drug-likeness (QED) is 0.583. The van der Waals surface area contributed by atoms with Gasteiger partial charge in [-0.3, -0.25) is 4.79 Å². The van der Waals surface area contributed by atoms with Crippen LogP contribution in [0.5, 0.6) is 0 Å². The number of amides is 1. The van der Waals surface area contributed by atoms with Gasteiger partial charge in [-0.2, -0.15) is 0 Å². The van der Waals surface area contributed by atoms with Gasteiger partial charge in [0.25, 0.3) is 0 Å². The van der Waals surface area contributed by atoms with Gasteiger partial charge in [0.2, 0.25) is 17.7 Å². The first kappa shape index (κ1) is 20.1. The zero-order valence-electron chi connectivity index (χ0n) is 16.4. The van der Waals surface area contributed by atoms with Crippen molar-refractivity contribution in [2.75, 3.05) is 0 Å². The summed E-state index contributed by atoms with van der Waals surface area (Å²) in [6.45, 7) is 7.90. The summed E-state index contributed by atoms with van der Waals surface area (Å²) in [7, 11) is 0. The highest BCUT2D eigenvalue weighted by molar-refractivity contribution is 6.33. The summed E-state index contributed by atoms with van der Waals surface area (Å²) in [6.07, 6.45) is 0.935. The van der Waals surface area contributed by atoms with E-state index in [1.165, 1.54) is 0 Å². The second kappa shape index (κ2) is 8.56. The minimum atomic E-state index is -0.00664. The van der Waals surface area contributed by atoms with Gasteiger partial charge >= 0.3 is 0 Å². The van der Waals surface area contributed by atoms with Crippen LogP contribution in [0.1, 0.15) is 43.2 Å². The van der Waals surface area contributed by atoms with Crippen molar-refractivity contribution in [2.45, 2.75) is 53.1 Å². The van der Waals surface area contributed by atoms with Crippen LogP contribution >= 0.6 is 11.6 Å². The van der Waals surface area contributed by atoms with Crippen molar-refractivity contribution < 1.29 is 13.7 Å². The Balaban J connectivity index is 1.69. The van der Waals surface area contributed by atoms with Gasteiger partial charge in [-0.15, -0.1) is 10.2 Å². The number of aryl methyl sites for hydroxylation is 2. The number of hydrogen-bond donors (Lipinski definition) is 0. The van der Waals surface area contributed by atoms with Crippen LogP contribution in [-0.2, 0) is 17.8 Å². The highest BCUT2D eigenvalue weighted by atomic mass is 35.5. The first-order valence-corrected chi connectivity index (χ1v) is 9.53. The number of benzene rings is 1. The van der Waals surface area contributed by atoms with Gasteiger partial charge in [0.05, 0.1) is 22.8 Å². The average Bonchev–Trinajstić information content (AvgIpc) is 3.25. The molecule has 1 amide bonds. The van der Waals surface area contributed by atoms with Gasteiger partial charge in [0.1, 0.15) is 5.76 Å². The third-order valence-corrected chi connectivity index (χ3v) is 4.92. The fourth-order valence-corrected chi connectivity index (χ4v) is 3.22. The summed E-state index contributed by atoms with van der Waals surface area (Å²) in [6, 6.07) is 7.26. The Morgan fingerprint density at radius 2 is 1.96 bits per heavy atom. The van der Waals surface area contributed by atoms with Crippen molar-refractivity contribution in [1.29, 1.82) is 0 Å². The van der Waals surface area contributed by atoms with E-state index >= 15 is 0 Å². The molecule has 3 rings (SSSR count). The Kier molecular flexibility index (Phi) is 6.14. The summed E-state index contributed by atoms with van der Waals surface area (Å²) in [4.78, 5) is 14.5. The largest absolute Gasteiger partial charge is 0.419 e. The monoisotopic (exact) mass is 402 g/mol. The molecule has 0 aliphatic carbocycles. The van der Waals surface area contributed by atoms with Gasteiger partial charge < -0.3 is 13.8 Å². The zero-order chi connectivity index (χ0) is 20.3. The fourth-order valence-electron chi connectivity index (χ4n) is 3.00. The summed E-state index contributed by atoms with van der Waals surface area (Å²) in [5, 5.41) is 12.6. The zero-order valence-corrected chi connectivity index (χ0v) is 17.2. The third-order valence-electron chi connectivity index (χ3n) is 4.59. The number of carbonyl (C=O) groups is 1. The topological polar surface area (TPSA) is 85.3 Å². The number of hydrogen-bond acceptors (Lipinski definition) is 6. The third kappa shape index (κ3) is 4.42. The van der Waals surface area contributed by atoms with Crippen molar-refractivity contribution in [3.8, 4) is 11.5 Å².